The second-order valence-electron chi connectivity index (χ2n) is 8.52. The van der Waals surface area contributed by atoms with Crippen LogP contribution in [0.3, 0.4) is 0 Å². The van der Waals surface area contributed by atoms with E-state index in [4.69, 9.17) is 4.74 Å². The number of amides is 3. The number of hydrogen-bond acceptors (Lipinski definition) is 8. The Morgan fingerprint density at radius 3 is 2.35 bits per heavy atom. The molecule has 1 aromatic rings. The first-order valence-corrected chi connectivity index (χ1v) is 13.5. The number of carbonyl (C=O) groups excluding carboxylic acids is 4. The Morgan fingerprint density at radius 2 is 1.78 bits per heavy atom. The van der Waals surface area contributed by atoms with Crippen LogP contribution < -0.4 is 16.0 Å². The summed E-state index contributed by atoms with van der Waals surface area (Å²) in [4.78, 5) is 50.8. The number of carbonyl (C=O) groups is 4. The third-order valence-corrected chi connectivity index (χ3v) is 6.46. The first-order chi connectivity index (χ1) is 17.7. The third-order valence-electron chi connectivity index (χ3n) is 5.55. The van der Waals surface area contributed by atoms with Gasteiger partial charge in [-0.3, -0.25) is 14.4 Å². The summed E-state index contributed by atoms with van der Waals surface area (Å²) in [6, 6.07) is 0.366. The van der Waals surface area contributed by atoms with E-state index < -0.39 is 17.8 Å². The van der Waals surface area contributed by atoms with Crippen LogP contribution in [0, 0.1) is 5.92 Å². The third kappa shape index (κ3) is 11.7. The van der Waals surface area contributed by atoms with Gasteiger partial charge in [0.1, 0.15) is 11.4 Å². The molecule has 3 amide bonds. The summed E-state index contributed by atoms with van der Waals surface area (Å²) >= 11 is 1.38. The van der Waals surface area contributed by atoms with Crippen molar-refractivity contribution >= 4 is 35.0 Å². The van der Waals surface area contributed by atoms with E-state index in [1.165, 1.54) is 11.3 Å². The molecule has 206 valence electrons. The van der Waals surface area contributed by atoms with Crippen LogP contribution in [0.25, 0.3) is 0 Å². The van der Waals surface area contributed by atoms with Gasteiger partial charge in [0.15, 0.2) is 0 Å². The molecule has 1 atom stereocenters. The zero-order valence-electron chi connectivity index (χ0n) is 22.3. The molecule has 2 heterocycles. The molecule has 2 rings (SSSR count). The Labute approximate surface area is 223 Å². The first kappa shape index (κ1) is 32.0. The molecule has 1 aromatic heterocycles. The number of methoxy groups -OCH3 is 1. The smallest absolute Gasteiger partial charge is 0.353 e. The molecule has 0 bridgehead atoms. The zero-order chi connectivity index (χ0) is 27.8. The summed E-state index contributed by atoms with van der Waals surface area (Å²) < 4.78 is 9.64. The van der Waals surface area contributed by atoms with Gasteiger partial charge in [-0.15, -0.1) is 11.3 Å². The topological polar surface area (TPSA) is 136 Å². The Bertz CT molecular complexity index is 939. The number of aryl methyl sites for hydroxylation is 1. The maximum Gasteiger partial charge on any atom is 0.353 e. The Kier molecular flexibility index (Phi) is 15.1. The lowest BCUT2D eigenvalue weighted by atomic mass is 9.98. The molecular weight excluding hydrogens is 496 g/mol. The molecule has 1 aliphatic heterocycles. The molecule has 3 N–H and O–H groups in total. The highest BCUT2D eigenvalue weighted by molar-refractivity contribution is 7.09. The predicted molar refractivity (Wildman–Crippen MR) is 143 cm³/mol. The van der Waals surface area contributed by atoms with Gasteiger partial charge in [0, 0.05) is 30.6 Å². The maximum absolute atomic E-state index is 11.9. The van der Waals surface area contributed by atoms with E-state index in [0.717, 1.165) is 70.3 Å². The summed E-state index contributed by atoms with van der Waals surface area (Å²) in [7, 11) is 1.16. The van der Waals surface area contributed by atoms with Crippen LogP contribution in [-0.2, 0) is 30.3 Å². The van der Waals surface area contributed by atoms with Gasteiger partial charge >= 0.3 is 5.97 Å². The highest BCUT2D eigenvalue weighted by atomic mass is 32.1. The quantitative estimate of drug-likeness (QED) is 0.276. The zero-order valence-corrected chi connectivity index (χ0v) is 23.1. The Morgan fingerprint density at radius 1 is 1.11 bits per heavy atom. The molecule has 1 saturated heterocycles. The fraction of sp³-hybridized carbons (Fsp3) is 0.577. The minimum absolute atomic E-state index is 0.185. The molecule has 0 radical (unpaired) electrons. The van der Waals surface area contributed by atoms with Crippen LogP contribution in [-0.4, -0.2) is 55.0 Å². The maximum atomic E-state index is 11.9. The van der Waals surface area contributed by atoms with Crippen molar-refractivity contribution in [2.75, 3.05) is 20.3 Å². The van der Waals surface area contributed by atoms with E-state index in [-0.39, 0.29) is 28.9 Å². The minimum Gasteiger partial charge on any atom is -0.464 e. The summed E-state index contributed by atoms with van der Waals surface area (Å²) in [5.74, 6) is -1.66. The number of nitrogens with one attached hydrogen (secondary N) is 3. The van der Waals surface area contributed by atoms with E-state index in [0.29, 0.717) is 6.04 Å². The second kappa shape index (κ2) is 17.4. The summed E-state index contributed by atoms with van der Waals surface area (Å²) in [5, 5.41) is 10.1. The van der Waals surface area contributed by atoms with E-state index >= 15 is 0 Å². The summed E-state index contributed by atoms with van der Waals surface area (Å²) in [6.45, 7) is 14.6. The van der Waals surface area contributed by atoms with Crippen molar-refractivity contribution in [1.82, 2.24) is 20.9 Å². The molecule has 1 aliphatic rings. The molecule has 0 aromatic carbocycles. The molecular formula is C26H40N4O6S. The molecule has 37 heavy (non-hydrogen) atoms. The Balaban J connectivity index is 0.000000397. The van der Waals surface area contributed by atoms with Gasteiger partial charge in [-0.2, -0.15) is 0 Å². The lowest BCUT2D eigenvalue weighted by molar-refractivity contribution is -0.137. The van der Waals surface area contributed by atoms with Gasteiger partial charge in [0.25, 0.3) is 11.8 Å². The molecule has 0 saturated carbocycles. The van der Waals surface area contributed by atoms with Crippen molar-refractivity contribution in [2.45, 2.75) is 71.8 Å². The molecule has 0 spiro atoms. The van der Waals surface area contributed by atoms with E-state index in [9.17, 15) is 19.2 Å². The molecule has 10 nitrogen and oxygen atoms in total. The monoisotopic (exact) mass is 536 g/mol. The fourth-order valence-corrected chi connectivity index (χ4v) is 4.27. The first-order valence-electron chi connectivity index (χ1n) is 12.6. The van der Waals surface area contributed by atoms with E-state index in [1.807, 2.05) is 6.92 Å². The van der Waals surface area contributed by atoms with Gasteiger partial charge in [-0.25, -0.2) is 9.78 Å². The standard InChI is InChI=1S/C14H17N3O4S.C12H23NO2/c1-5-6-11-17-10(7-22-11)13(19)15-8(2)12(18)16-9(3)14(20)21-4;1-3-5-11(4-2)13-12(14)10-6-8-15-9-7-10/h7H,2-3,5-6H2,1,4H3,(H,15,19)(H,16,18);10-11H,3-9H2,1-2H3,(H,13,14)/t;11-/m.0/s1. The number of nitrogens with zero attached hydrogens (tertiary/aromatic N) is 1. The van der Waals surface area contributed by atoms with Gasteiger partial charge in [-0.1, -0.05) is 40.3 Å². The molecule has 1 fully saturated rings. The van der Waals surface area contributed by atoms with Gasteiger partial charge < -0.3 is 25.4 Å². The minimum atomic E-state index is -0.781. The highest BCUT2D eigenvalue weighted by Gasteiger charge is 2.23. The SMILES string of the molecule is C=C(NC(=O)c1csc(CCC)n1)C(=O)NC(=C)C(=O)OC.CCC[C@H](CC)NC(=O)C1CCOCC1. The molecule has 0 unspecified atom stereocenters. The number of aromatic nitrogens is 1. The van der Waals surface area contributed by atoms with Crippen molar-refractivity contribution < 1.29 is 28.7 Å². The van der Waals surface area contributed by atoms with E-state index in [1.54, 1.807) is 5.38 Å². The van der Waals surface area contributed by atoms with Crippen LogP contribution in [0.1, 0.15) is 74.8 Å². The number of thiazole rings is 1. The van der Waals surface area contributed by atoms with Crippen molar-refractivity contribution in [3.8, 4) is 0 Å². The number of rotatable bonds is 12. The van der Waals surface area contributed by atoms with Crippen molar-refractivity contribution in [3.63, 3.8) is 0 Å². The Hall–Kier alpha value is -3.05. The molecule has 0 aliphatic carbocycles. The van der Waals surface area contributed by atoms with Gasteiger partial charge in [0.05, 0.1) is 17.8 Å². The predicted octanol–water partition coefficient (Wildman–Crippen LogP) is 3.25. The van der Waals surface area contributed by atoms with Crippen LogP contribution >= 0.6 is 11.3 Å². The average molecular weight is 537 g/mol. The molecule has 11 heteroatoms. The number of ether oxygens (including phenoxy) is 2. The number of hydrogen-bond donors (Lipinski definition) is 3. The fourth-order valence-electron chi connectivity index (χ4n) is 3.39. The summed E-state index contributed by atoms with van der Waals surface area (Å²) in [5.41, 5.74) is -0.254. The number of esters is 1. The van der Waals surface area contributed by atoms with Crippen LogP contribution in [0.15, 0.2) is 29.9 Å². The summed E-state index contributed by atoms with van der Waals surface area (Å²) in [6.07, 6.45) is 6.74. The average Bonchev–Trinajstić information content (AvgIpc) is 3.37. The van der Waals surface area contributed by atoms with Crippen LogP contribution in [0.4, 0.5) is 0 Å². The lowest BCUT2D eigenvalue weighted by Gasteiger charge is -2.24. The van der Waals surface area contributed by atoms with Crippen molar-refractivity contribution in [3.05, 3.63) is 40.6 Å². The van der Waals surface area contributed by atoms with Crippen LogP contribution in [0.5, 0.6) is 0 Å². The van der Waals surface area contributed by atoms with Crippen molar-refractivity contribution in [1.29, 1.82) is 0 Å². The van der Waals surface area contributed by atoms with Crippen molar-refractivity contribution in [2.24, 2.45) is 5.92 Å². The van der Waals surface area contributed by atoms with Crippen LogP contribution in [0.2, 0.25) is 0 Å². The van der Waals surface area contributed by atoms with E-state index in [2.05, 4.69) is 52.7 Å². The second-order valence-corrected chi connectivity index (χ2v) is 9.47. The largest absolute Gasteiger partial charge is 0.464 e. The highest BCUT2D eigenvalue weighted by Crippen LogP contribution is 2.15. The normalized spacial score (nSPS) is 13.8. The van der Waals surface area contributed by atoms with Gasteiger partial charge in [-0.05, 0) is 38.5 Å². The van der Waals surface area contributed by atoms with Gasteiger partial charge in [0.2, 0.25) is 5.91 Å². The lowest BCUT2D eigenvalue weighted by Crippen LogP contribution is -2.40.